The molecule has 0 aliphatic rings. The highest BCUT2D eigenvalue weighted by atomic mass is 16.5. The predicted octanol–water partition coefficient (Wildman–Crippen LogP) is 0.324. The first-order valence-corrected chi connectivity index (χ1v) is 5.79. The maximum atomic E-state index is 5.40. The van der Waals surface area contributed by atoms with Crippen molar-refractivity contribution in [1.82, 2.24) is 0 Å². The second-order valence-electron chi connectivity index (χ2n) is 3.87. The van der Waals surface area contributed by atoms with Crippen LogP contribution in [0.2, 0.25) is 0 Å². The molecule has 0 unspecified atom stereocenters. The van der Waals surface area contributed by atoms with Gasteiger partial charge in [0, 0.05) is 6.61 Å². The molecule has 15 heavy (non-hydrogen) atoms. The van der Waals surface area contributed by atoms with Gasteiger partial charge < -0.3 is 19.9 Å². The van der Waals surface area contributed by atoms with Gasteiger partial charge in [0.15, 0.2) is 0 Å². The minimum Gasteiger partial charge on any atom is -0.379 e. The van der Waals surface area contributed by atoms with Gasteiger partial charge in [-0.05, 0) is 12.3 Å². The Labute approximate surface area is 93.1 Å². The number of ether oxygens (including phenoxy) is 3. The van der Waals surface area contributed by atoms with Gasteiger partial charge >= 0.3 is 0 Å². The van der Waals surface area contributed by atoms with Gasteiger partial charge in [-0.15, -0.1) is 0 Å². The number of hydrogen-bond acceptors (Lipinski definition) is 3. The summed E-state index contributed by atoms with van der Waals surface area (Å²) in [6.45, 7) is 9.40. The van der Waals surface area contributed by atoms with Crippen molar-refractivity contribution in [3.05, 3.63) is 0 Å². The van der Waals surface area contributed by atoms with Crippen LogP contribution in [0.1, 0.15) is 20.3 Å². The van der Waals surface area contributed by atoms with Gasteiger partial charge in [-0.2, -0.15) is 0 Å². The van der Waals surface area contributed by atoms with Crippen molar-refractivity contribution in [2.24, 2.45) is 5.92 Å². The van der Waals surface area contributed by atoms with Gasteiger partial charge in [0.1, 0.15) is 0 Å². The molecule has 0 saturated carbocycles. The molecule has 0 aliphatic carbocycles. The highest BCUT2D eigenvalue weighted by Gasteiger charge is 1.94. The summed E-state index contributed by atoms with van der Waals surface area (Å²) >= 11 is 0. The van der Waals surface area contributed by atoms with E-state index in [9.17, 15) is 0 Å². The molecular weight excluding hydrogens is 194 g/mol. The zero-order valence-corrected chi connectivity index (χ0v) is 10.2. The fraction of sp³-hybridized carbons (Fsp3) is 1.00. The summed E-state index contributed by atoms with van der Waals surface area (Å²) < 4.78 is 15.9. The van der Waals surface area contributed by atoms with Crippen LogP contribution in [0.15, 0.2) is 0 Å². The predicted molar refractivity (Wildman–Crippen MR) is 59.7 cm³/mol. The van der Waals surface area contributed by atoms with Crippen LogP contribution >= 0.6 is 0 Å². The third kappa shape index (κ3) is 13.8. The molecule has 0 fully saturated rings. The summed E-state index contributed by atoms with van der Waals surface area (Å²) in [5.74, 6) is 0.710. The lowest BCUT2D eigenvalue weighted by molar-refractivity contribution is -0.374. The molecule has 0 aromatic heterocycles. The molecule has 0 radical (unpaired) electrons. The van der Waals surface area contributed by atoms with Crippen molar-refractivity contribution in [2.45, 2.75) is 20.3 Å². The topological polar surface area (TPSA) is 55.3 Å². The average Bonchev–Trinajstić information content (AvgIpc) is 2.20. The lowest BCUT2D eigenvalue weighted by Gasteiger charge is -2.07. The Morgan fingerprint density at radius 1 is 0.800 bits per heavy atom. The summed E-state index contributed by atoms with van der Waals surface area (Å²) in [6.07, 6.45) is 1.12. The monoisotopic (exact) mass is 220 g/mol. The fourth-order valence-corrected chi connectivity index (χ4v) is 0.963. The van der Waals surface area contributed by atoms with E-state index < -0.39 is 0 Å². The van der Waals surface area contributed by atoms with E-state index in [1.807, 2.05) is 0 Å². The largest absolute Gasteiger partial charge is 0.379 e. The average molecular weight is 220 g/mol. The minimum atomic E-state index is 0.646. The molecule has 0 rings (SSSR count). The molecule has 0 aromatic rings. The molecule has 0 amide bonds. The van der Waals surface area contributed by atoms with E-state index in [-0.39, 0.29) is 0 Å². The SMILES string of the molecule is CC(C)CCOCCOCCOCC[NH3+]. The summed E-state index contributed by atoms with van der Waals surface area (Å²) in [7, 11) is 0. The molecule has 0 bridgehead atoms. The van der Waals surface area contributed by atoms with Crippen LogP contribution in [-0.2, 0) is 14.2 Å². The molecule has 0 aliphatic heterocycles. The zero-order chi connectivity index (χ0) is 11.4. The van der Waals surface area contributed by atoms with Crippen LogP contribution in [0.3, 0.4) is 0 Å². The molecule has 0 heterocycles. The lowest BCUT2D eigenvalue weighted by atomic mass is 10.1. The maximum absolute atomic E-state index is 5.40. The third-order valence-electron chi connectivity index (χ3n) is 1.87. The molecule has 92 valence electrons. The van der Waals surface area contributed by atoms with E-state index in [1.54, 1.807) is 0 Å². The summed E-state index contributed by atoms with van der Waals surface area (Å²) in [5, 5.41) is 0. The first-order chi connectivity index (χ1) is 7.27. The molecule has 0 aromatic carbocycles. The first-order valence-electron chi connectivity index (χ1n) is 5.79. The van der Waals surface area contributed by atoms with E-state index in [0.717, 1.165) is 19.6 Å². The Balaban J connectivity index is 2.87. The van der Waals surface area contributed by atoms with Crippen LogP contribution in [0, 0.1) is 5.92 Å². The maximum Gasteiger partial charge on any atom is 0.0977 e. The Kier molecular flexibility index (Phi) is 11.8. The molecule has 3 N–H and O–H groups in total. The van der Waals surface area contributed by atoms with Gasteiger partial charge in [-0.25, -0.2) is 0 Å². The normalized spacial score (nSPS) is 11.2. The molecule has 0 spiro atoms. The highest BCUT2D eigenvalue weighted by molar-refractivity contribution is 4.42. The fourth-order valence-electron chi connectivity index (χ4n) is 0.963. The standard InChI is InChI=1S/C11H25NO3/c1-11(2)3-5-13-7-9-15-10-8-14-6-4-12/h11H,3-10,12H2,1-2H3/p+1. The molecule has 0 atom stereocenters. The van der Waals surface area contributed by atoms with Crippen molar-refractivity contribution >= 4 is 0 Å². The molecule has 0 saturated heterocycles. The van der Waals surface area contributed by atoms with Crippen LogP contribution in [0.4, 0.5) is 0 Å². The van der Waals surface area contributed by atoms with Crippen LogP contribution in [0.5, 0.6) is 0 Å². The Morgan fingerprint density at radius 3 is 1.73 bits per heavy atom. The van der Waals surface area contributed by atoms with Crippen molar-refractivity contribution in [3.8, 4) is 0 Å². The molecular formula is C11H26NO3+. The van der Waals surface area contributed by atoms with Crippen molar-refractivity contribution in [2.75, 3.05) is 46.2 Å². The van der Waals surface area contributed by atoms with Gasteiger partial charge in [0.05, 0.1) is 39.6 Å². The molecule has 4 heteroatoms. The Morgan fingerprint density at radius 2 is 1.27 bits per heavy atom. The van der Waals surface area contributed by atoms with Crippen molar-refractivity contribution in [1.29, 1.82) is 0 Å². The van der Waals surface area contributed by atoms with Crippen molar-refractivity contribution in [3.63, 3.8) is 0 Å². The number of quaternary nitrogens is 1. The second kappa shape index (κ2) is 11.9. The van der Waals surface area contributed by atoms with Crippen LogP contribution < -0.4 is 5.73 Å². The first kappa shape index (κ1) is 14.8. The van der Waals surface area contributed by atoms with Gasteiger partial charge in [0.2, 0.25) is 0 Å². The van der Waals surface area contributed by atoms with Crippen LogP contribution in [0.25, 0.3) is 0 Å². The Hall–Kier alpha value is -0.160. The van der Waals surface area contributed by atoms with E-state index >= 15 is 0 Å². The van der Waals surface area contributed by atoms with Gasteiger partial charge in [-0.1, -0.05) is 13.8 Å². The smallest absolute Gasteiger partial charge is 0.0977 e. The van der Waals surface area contributed by atoms with Crippen LogP contribution in [-0.4, -0.2) is 46.2 Å². The summed E-state index contributed by atoms with van der Waals surface area (Å²) in [5.41, 5.74) is 3.68. The van der Waals surface area contributed by atoms with E-state index in [0.29, 0.717) is 39.0 Å². The van der Waals surface area contributed by atoms with Gasteiger partial charge in [0.25, 0.3) is 0 Å². The summed E-state index contributed by atoms with van der Waals surface area (Å²) in [6, 6.07) is 0. The second-order valence-corrected chi connectivity index (χ2v) is 3.87. The Bertz CT molecular complexity index is 120. The van der Waals surface area contributed by atoms with E-state index in [1.165, 1.54) is 0 Å². The van der Waals surface area contributed by atoms with Crippen molar-refractivity contribution < 1.29 is 19.9 Å². The van der Waals surface area contributed by atoms with E-state index in [2.05, 4.69) is 19.6 Å². The summed E-state index contributed by atoms with van der Waals surface area (Å²) in [4.78, 5) is 0. The number of hydrogen-bond donors (Lipinski definition) is 1. The third-order valence-corrected chi connectivity index (χ3v) is 1.87. The quantitative estimate of drug-likeness (QED) is 0.510. The lowest BCUT2D eigenvalue weighted by Crippen LogP contribution is -2.52. The van der Waals surface area contributed by atoms with E-state index in [4.69, 9.17) is 14.2 Å². The highest BCUT2D eigenvalue weighted by Crippen LogP contribution is 1.98. The van der Waals surface area contributed by atoms with Gasteiger partial charge in [-0.3, -0.25) is 0 Å². The minimum absolute atomic E-state index is 0.646. The number of rotatable bonds is 11. The zero-order valence-electron chi connectivity index (χ0n) is 10.2. The molecule has 4 nitrogen and oxygen atoms in total.